The van der Waals surface area contributed by atoms with Gasteiger partial charge in [0.1, 0.15) is 23.8 Å². The third-order valence-corrected chi connectivity index (χ3v) is 5.68. The predicted octanol–water partition coefficient (Wildman–Crippen LogP) is 3.49. The van der Waals surface area contributed by atoms with E-state index in [1.54, 1.807) is 12.1 Å². The fourth-order valence-electron chi connectivity index (χ4n) is 4.17. The zero-order valence-electron chi connectivity index (χ0n) is 16.1. The van der Waals surface area contributed by atoms with Crippen molar-refractivity contribution >= 4 is 17.3 Å². The van der Waals surface area contributed by atoms with Crippen molar-refractivity contribution in [3.63, 3.8) is 0 Å². The highest BCUT2D eigenvalue weighted by molar-refractivity contribution is 5.48. The summed E-state index contributed by atoms with van der Waals surface area (Å²) >= 11 is 0. The Bertz CT molecular complexity index is 781. The lowest BCUT2D eigenvalue weighted by atomic mass is 9.97. The van der Waals surface area contributed by atoms with Crippen LogP contribution in [0.5, 0.6) is 0 Å². The zero-order valence-corrected chi connectivity index (χ0v) is 16.1. The Morgan fingerprint density at radius 1 is 1.11 bits per heavy atom. The molecule has 28 heavy (non-hydrogen) atoms. The second-order valence-corrected chi connectivity index (χ2v) is 7.67. The summed E-state index contributed by atoms with van der Waals surface area (Å²) in [6.07, 6.45) is 8.02. The molecule has 4 saturated heterocycles. The Labute approximate surface area is 167 Å². The number of piperidine rings is 2. The SMILES string of the molecule is Fc1cccc(N2CCCCC2)c1.Nc1cc(N2C[C@H]3CCC2CO3)ncn1.[HH]. The van der Waals surface area contributed by atoms with Gasteiger partial charge in [0.15, 0.2) is 0 Å². The molecule has 5 heterocycles. The molecule has 4 aliphatic rings. The Kier molecular flexibility index (Phi) is 5.90. The van der Waals surface area contributed by atoms with Gasteiger partial charge in [-0.3, -0.25) is 0 Å². The molecular weight excluding hydrogens is 357 g/mol. The van der Waals surface area contributed by atoms with Gasteiger partial charge in [0.25, 0.3) is 0 Å². The summed E-state index contributed by atoms with van der Waals surface area (Å²) in [6.45, 7) is 3.89. The number of nitrogens with zero attached hydrogens (tertiary/aromatic N) is 4. The van der Waals surface area contributed by atoms with Crippen molar-refractivity contribution in [2.45, 2.75) is 44.2 Å². The van der Waals surface area contributed by atoms with Crippen LogP contribution in [0.4, 0.5) is 21.7 Å². The number of ether oxygens (including phenoxy) is 1. The first-order valence-corrected chi connectivity index (χ1v) is 10.2. The van der Waals surface area contributed by atoms with Crippen molar-refractivity contribution in [2.24, 2.45) is 0 Å². The average Bonchev–Trinajstić information content (AvgIpc) is 2.76. The van der Waals surface area contributed by atoms with E-state index in [4.69, 9.17) is 10.5 Å². The topological polar surface area (TPSA) is 67.5 Å². The minimum atomic E-state index is -0.136. The zero-order chi connectivity index (χ0) is 19.3. The normalized spacial score (nSPS) is 23.9. The Morgan fingerprint density at radius 2 is 1.96 bits per heavy atom. The van der Waals surface area contributed by atoms with Gasteiger partial charge >= 0.3 is 0 Å². The summed E-state index contributed by atoms with van der Waals surface area (Å²) < 4.78 is 18.5. The van der Waals surface area contributed by atoms with Crippen molar-refractivity contribution in [2.75, 3.05) is 41.8 Å². The molecule has 4 fully saturated rings. The van der Waals surface area contributed by atoms with Gasteiger partial charge in [0.05, 0.1) is 18.8 Å². The number of nitrogens with two attached hydrogens (primary N) is 1. The number of nitrogen functional groups attached to an aromatic ring is 1. The summed E-state index contributed by atoms with van der Waals surface area (Å²) in [7, 11) is 0. The van der Waals surface area contributed by atoms with Crippen LogP contribution in [0.2, 0.25) is 0 Å². The molecule has 0 aliphatic carbocycles. The second-order valence-electron chi connectivity index (χ2n) is 7.67. The van der Waals surface area contributed by atoms with Crippen molar-refractivity contribution in [3.8, 4) is 0 Å². The highest BCUT2D eigenvalue weighted by atomic mass is 19.1. The molecule has 7 heteroatoms. The van der Waals surface area contributed by atoms with E-state index in [0.29, 0.717) is 18.0 Å². The molecule has 2 bridgehead atoms. The fourth-order valence-corrected chi connectivity index (χ4v) is 4.17. The molecule has 1 aromatic carbocycles. The predicted molar refractivity (Wildman–Crippen MR) is 111 cm³/mol. The molecule has 152 valence electrons. The highest BCUT2D eigenvalue weighted by Gasteiger charge is 2.35. The van der Waals surface area contributed by atoms with Gasteiger partial charge in [-0.25, -0.2) is 14.4 Å². The van der Waals surface area contributed by atoms with E-state index in [1.807, 2.05) is 12.1 Å². The fraction of sp³-hybridized carbons (Fsp3) is 0.524. The van der Waals surface area contributed by atoms with Gasteiger partial charge in [0, 0.05) is 32.8 Å². The lowest BCUT2D eigenvalue weighted by Crippen LogP contribution is -2.54. The molecule has 0 saturated carbocycles. The number of morpholine rings is 1. The number of anilines is 3. The van der Waals surface area contributed by atoms with Gasteiger partial charge < -0.3 is 20.3 Å². The van der Waals surface area contributed by atoms with Gasteiger partial charge in [-0.2, -0.15) is 0 Å². The van der Waals surface area contributed by atoms with Crippen LogP contribution in [0, 0.1) is 5.82 Å². The summed E-state index contributed by atoms with van der Waals surface area (Å²) in [5, 5.41) is 0. The molecule has 4 aliphatic heterocycles. The maximum Gasteiger partial charge on any atom is 0.134 e. The number of halogens is 1. The lowest BCUT2D eigenvalue weighted by Gasteiger charge is -2.45. The number of aromatic nitrogens is 2. The smallest absolute Gasteiger partial charge is 0.134 e. The molecule has 6 nitrogen and oxygen atoms in total. The van der Waals surface area contributed by atoms with E-state index in [-0.39, 0.29) is 7.24 Å². The highest BCUT2D eigenvalue weighted by Crippen LogP contribution is 2.29. The molecule has 6 rings (SSSR count). The van der Waals surface area contributed by atoms with Crippen LogP contribution in [0.3, 0.4) is 0 Å². The van der Waals surface area contributed by atoms with E-state index in [0.717, 1.165) is 37.7 Å². The largest absolute Gasteiger partial charge is 0.384 e. The molecule has 0 amide bonds. The number of hydrogen-bond acceptors (Lipinski definition) is 6. The molecule has 2 N–H and O–H groups in total. The molecule has 1 unspecified atom stereocenters. The first-order valence-electron chi connectivity index (χ1n) is 10.2. The summed E-state index contributed by atoms with van der Waals surface area (Å²) in [4.78, 5) is 12.7. The summed E-state index contributed by atoms with van der Waals surface area (Å²) in [5.74, 6) is 1.32. The van der Waals surface area contributed by atoms with Crippen LogP contribution >= 0.6 is 0 Å². The summed E-state index contributed by atoms with van der Waals surface area (Å²) in [6, 6.07) is 9.16. The van der Waals surface area contributed by atoms with Crippen molar-refractivity contribution in [3.05, 3.63) is 42.5 Å². The Balaban J connectivity index is 0.000000162. The van der Waals surface area contributed by atoms with Gasteiger partial charge in [-0.15, -0.1) is 0 Å². The van der Waals surface area contributed by atoms with Crippen molar-refractivity contribution in [1.82, 2.24) is 9.97 Å². The van der Waals surface area contributed by atoms with E-state index in [9.17, 15) is 4.39 Å². The molecule has 2 aromatic rings. The van der Waals surface area contributed by atoms with Crippen molar-refractivity contribution in [1.29, 1.82) is 0 Å². The average molecular weight is 388 g/mol. The Morgan fingerprint density at radius 3 is 2.61 bits per heavy atom. The first-order chi connectivity index (χ1) is 13.7. The van der Waals surface area contributed by atoms with Crippen LogP contribution in [0.15, 0.2) is 36.7 Å². The molecular formula is C21H30FN5O. The van der Waals surface area contributed by atoms with Crippen molar-refractivity contribution < 1.29 is 10.6 Å². The number of rotatable bonds is 2. The minimum absolute atomic E-state index is 0. The molecule has 0 radical (unpaired) electrons. The van der Waals surface area contributed by atoms with E-state index >= 15 is 0 Å². The van der Waals surface area contributed by atoms with E-state index < -0.39 is 0 Å². The summed E-state index contributed by atoms with van der Waals surface area (Å²) in [5.41, 5.74) is 6.68. The lowest BCUT2D eigenvalue weighted by molar-refractivity contribution is -0.0228. The minimum Gasteiger partial charge on any atom is -0.384 e. The molecule has 1 aromatic heterocycles. The second kappa shape index (κ2) is 8.73. The van der Waals surface area contributed by atoms with Crippen LogP contribution in [-0.2, 0) is 4.74 Å². The van der Waals surface area contributed by atoms with Crippen LogP contribution in [-0.4, -0.2) is 48.4 Å². The third kappa shape index (κ3) is 4.52. The van der Waals surface area contributed by atoms with Gasteiger partial charge in [-0.05, 0) is 50.3 Å². The molecule has 0 spiro atoms. The Hall–Kier alpha value is -2.41. The standard InChI is InChI=1S/C11H14FN.C10H14N4O.H2/c12-10-5-4-6-11(9-10)13-7-2-1-3-8-13;11-9-3-10(13-6-12-9)14-4-8-2-1-7(14)5-15-8;/h4-6,9H,1-3,7-8H2;3,6-8H,1-2,4-5H2,(H2,11,12,13);1H/t;7?,8-;/m.1./s1. The van der Waals surface area contributed by atoms with E-state index in [1.165, 1.54) is 44.5 Å². The monoisotopic (exact) mass is 387 g/mol. The maximum atomic E-state index is 12.9. The van der Waals surface area contributed by atoms with Gasteiger partial charge in [0.2, 0.25) is 0 Å². The number of benzene rings is 1. The van der Waals surface area contributed by atoms with Crippen LogP contribution in [0.1, 0.15) is 33.5 Å². The van der Waals surface area contributed by atoms with E-state index in [2.05, 4.69) is 19.8 Å². The number of hydrogen-bond donors (Lipinski definition) is 1. The third-order valence-electron chi connectivity index (χ3n) is 5.68. The van der Waals surface area contributed by atoms with Gasteiger partial charge in [-0.1, -0.05) is 6.07 Å². The quantitative estimate of drug-likeness (QED) is 0.851. The maximum absolute atomic E-state index is 12.9. The van der Waals surface area contributed by atoms with Crippen LogP contribution in [0.25, 0.3) is 0 Å². The van der Waals surface area contributed by atoms with Crippen LogP contribution < -0.4 is 15.5 Å². The number of fused-ring (bicyclic) bond motifs is 3. The molecule has 2 atom stereocenters. The first kappa shape index (κ1) is 18.9.